The minimum atomic E-state index is -0.228. The van der Waals surface area contributed by atoms with Crippen LogP contribution in [0.1, 0.15) is 12.8 Å². The normalized spacial score (nSPS) is 26.4. The molecule has 1 saturated carbocycles. The molecule has 1 unspecified atom stereocenters. The van der Waals surface area contributed by atoms with Gasteiger partial charge in [0.05, 0.1) is 19.3 Å². The van der Waals surface area contributed by atoms with Crippen LogP contribution in [0.3, 0.4) is 0 Å². The third-order valence-corrected chi connectivity index (χ3v) is 2.79. The van der Waals surface area contributed by atoms with Crippen LogP contribution in [-0.2, 0) is 4.74 Å². The minimum Gasteiger partial charge on any atom is -0.390 e. The van der Waals surface area contributed by atoms with Crippen molar-refractivity contribution in [2.45, 2.75) is 25.0 Å². The number of aliphatic hydroxyl groups is 1. The first-order chi connectivity index (χ1) is 6.84. The van der Waals surface area contributed by atoms with E-state index in [4.69, 9.17) is 4.74 Å². The van der Waals surface area contributed by atoms with E-state index in [2.05, 4.69) is 10.2 Å². The van der Waals surface area contributed by atoms with E-state index in [9.17, 15) is 5.11 Å². The Bertz CT molecular complexity index is 168. The molecule has 14 heavy (non-hydrogen) atoms. The van der Waals surface area contributed by atoms with Gasteiger partial charge in [-0.25, -0.2) is 0 Å². The number of morpholine rings is 1. The third kappa shape index (κ3) is 3.53. The molecule has 2 N–H and O–H groups in total. The molecule has 2 rings (SSSR count). The van der Waals surface area contributed by atoms with E-state index in [-0.39, 0.29) is 6.10 Å². The maximum atomic E-state index is 9.73. The molecule has 1 heterocycles. The highest BCUT2D eigenvalue weighted by Gasteiger charge is 2.22. The number of hydrogen-bond acceptors (Lipinski definition) is 4. The molecular formula is C10H20N2O2. The zero-order valence-corrected chi connectivity index (χ0v) is 8.61. The van der Waals surface area contributed by atoms with Crippen LogP contribution in [-0.4, -0.2) is 61.5 Å². The van der Waals surface area contributed by atoms with Crippen molar-refractivity contribution in [3.8, 4) is 0 Å². The average molecular weight is 200 g/mol. The molecule has 0 spiro atoms. The van der Waals surface area contributed by atoms with Gasteiger partial charge in [-0.3, -0.25) is 4.90 Å². The Morgan fingerprint density at radius 1 is 1.36 bits per heavy atom. The number of rotatable bonds is 5. The van der Waals surface area contributed by atoms with E-state index >= 15 is 0 Å². The highest BCUT2D eigenvalue weighted by molar-refractivity contribution is 4.82. The van der Waals surface area contributed by atoms with Crippen LogP contribution in [0, 0.1) is 0 Å². The zero-order chi connectivity index (χ0) is 9.80. The number of aliphatic hydroxyl groups excluding tert-OH is 1. The van der Waals surface area contributed by atoms with Gasteiger partial charge in [-0.05, 0) is 12.8 Å². The van der Waals surface area contributed by atoms with E-state index in [0.29, 0.717) is 6.04 Å². The van der Waals surface area contributed by atoms with Gasteiger partial charge in [0.25, 0.3) is 0 Å². The van der Waals surface area contributed by atoms with Gasteiger partial charge >= 0.3 is 0 Å². The SMILES string of the molecule is OC(CNC1CC1)CN1CCOCC1. The lowest BCUT2D eigenvalue weighted by Gasteiger charge is -2.28. The fraction of sp³-hybridized carbons (Fsp3) is 1.00. The lowest BCUT2D eigenvalue weighted by atomic mass is 10.3. The van der Waals surface area contributed by atoms with Crippen LogP contribution in [0.5, 0.6) is 0 Å². The molecule has 2 aliphatic rings. The van der Waals surface area contributed by atoms with Crippen molar-refractivity contribution < 1.29 is 9.84 Å². The smallest absolute Gasteiger partial charge is 0.0791 e. The van der Waals surface area contributed by atoms with Crippen LogP contribution >= 0.6 is 0 Å². The summed E-state index contributed by atoms with van der Waals surface area (Å²) in [6.45, 7) is 5.05. The van der Waals surface area contributed by atoms with Crippen LogP contribution in [0.2, 0.25) is 0 Å². The Morgan fingerprint density at radius 3 is 2.71 bits per heavy atom. The van der Waals surface area contributed by atoms with Gasteiger partial charge in [-0.15, -0.1) is 0 Å². The van der Waals surface area contributed by atoms with Crippen LogP contribution in [0.25, 0.3) is 0 Å². The first-order valence-electron chi connectivity index (χ1n) is 5.56. The second kappa shape index (κ2) is 5.07. The number of ether oxygens (including phenoxy) is 1. The quantitative estimate of drug-likeness (QED) is 0.624. The maximum Gasteiger partial charge on any atom is 0.0791 e. The summed E-state index contributed by atoms with van der Waals surface area (Å²) >= 11 is 0. The molecule has 0 radical (unpaired) electrons. The van der Waals surface area contributed by atoms with E-state index in [0.717, 1.165) is 39.4 Å². The Hall–Kier alpha value is -0.160. The van der Waals surface area contributed by atoms with Crippen LogP contribution in [0.15, 0.2) is 0 Å². The summed E-state index contributed by atoms with van der Waals surface area (Å²) in [6.07, 6.45) is 2.34. The molecule has 82 valence electrons. The third-order valence-electron chi connectivity index (χ3n) is 2.79. The van der Waals surface area contributed by atoms with Crippen molar-refractivity contribution in [3.63, 3.8) is 0 Å². The van der Waals surface area contributed by atoms with Crippen molar-refractivity contribution >= 4 is 0 Å². The molecule has 4 heteroatoms. The Balaban J connectivity index is 1.57. The van der Waals surface area contributed by atoms with Crippen LogP contribution in [0.4, 0.5) is 0 Å². The monoisotopic (exact) mass is 200 g/mol. The summed E-state index contributed by atoms with van der Waals surface area (Å²) in [5.74, 6) is 0. The van der Waals surface area contributed by atoms with Gasteiger partial charge in [-0.2, -0.15) is 0 Å². The minimum absolute atomic E-state index is 0.228. The zero-order valence-electron chi connectivity index (χ0n) is 8.61. The summed E-state index contributed by atoms with van der Waals surface area (Å²) in [5.41, 5.74) is 0. The molecule has 0 bridgehead atoms. The lowest BCUT2D eigenvalue weighted by Crippen LogP contribution is -2.44. The molecule has 4 nitrogen and oxygen atoms in total. The van der Waals surface area contributed by atoms with Gasteiger partial charge in [0.2, 0.25) is 0 Å². The predicted octanol–water partition coefficient (Wildman–Crippen LogP) is -0.568. The largest absolute Gasteiger partial charge is 0.390 e. The van der Waals surface area contributed by atoms with Crippen molar-refractivity contribution in [1.82, 2.24) is 10.2 Å². The number of nitrogens with zero attached hydrogens (tertiary/aromatic N) is 1. The molecule has 0 amide bonds. The molecule has 0 aromatic rings. The summed E-state index contributed by atoms with van der Waals surface area (Å²) in [4.78, 5) is 2.27. The highest BCUT2D eigenvalue weighted by atomic mass is 16.5. The topological polar surface area (TPSA) is 44.7 Å². The molecule has 1 aliphatic carbocycles. The van der Waals surface area contributed by atoms with Crippen LogP contribution < -0.4 is 5.32 Å². The van der Waals surface area contributed by atoms with Crippen molar-refractivity contribution in [2.24, 2.45) is 0 Å². The van der Waals surface area contributed by atoms with Gasteiger partial charge in [0.1, 0.15) is 0 Å². The predicted molar refractivity (Wildman–Crippen MR) is 54.3 cm³/mol. The summed E-state index contributed by atoms with van der Waals surface area (Å²) < 4.78 is 5.25. The molecule has 0 aromatic heterocycles. The standard InChI is InChI=1S/C10H20N2O2/c13-10(7-11-9-1-2-9)8-12-3-5-14-6-4-12/h9-11,13H,1-8H2. The average Bonchev–Trinajstić information content (AvgIpc) is 3.00. The molecule has 1 aliphatic heterocycles. The van der Waals surface area contributed by atoms with Crippen molar-refractivity contribution in [2.75, 3.05) is 39.4 Å². The highest BCUT2D eigenvalue weighted by Crippen LogP contribution is 2.18. The second-order valence-electron chi connectivity index (χ2n) is 4.25. The summed E-state index contributed by atoms with van der Waals surface area (Å²) in [7, 11) is 0. The van der Waals surface area contributed by atoms with Gasteiger partial charge in [0, 0.05) is 32.2 Å². The number of β-amino-alcohol motifs (C(OH)–C–C–N with tert-alkyl or cyclic N) is 1. The Morgan fingerprint density at radius 2 is 2.07 bits per heavy atom. The first kappa shape index (κ1) is 10.4. The van der Waals surface area contributed by atoms with E-state index in [1.54, 1.807) is 0 Å². The fourth-order valence-electron chi connectivity index (χ4n) is 1.74. The van der Waals surface area contributed by atoms with E-state index < -0.39 is 0 Å². The Labute approximate surface area is 85.2 Å². The van der Waals surface area contributed by atoms with Crippen molar-refractivity contribution in [3.05, 3.63) is 0 Å². The molecular weight excluding hydrogens is 180 g/mol. The molecule has 1 saturated heterocycles. The molecule has 1 atom stereocenters. The molecule has 2 fully saturated rings. The maximum absolute atomic E-state index is 9.73. The lowest BCUT2D eigenvalue weighted by molar-refractivity contribution is 0.0149. The fourth-order valence-corrected chi connectivity index (χ4v) is 1.74. The van der Waals surface area contributed by atoms with E-state index in [1.807, 2.05) is 0 Å². The van der Waals surface area contributed by atoms with Crippen molar-refractivity contribution in [1.29, 1.82) is 0 Å². The Kier molecular flexibility index (Phi) is 3.75. The van der Waals surface area contributed by atoms with Gasteiger partial charge in [-0.1, -0.05) is 0 Å². The van der Waals surface area contributed by atoms with Gasteiger partial charge < -0.3 is 15.2 Å². The first-order valence-corrected chi connectivity index (χ1v) is 5.56. The molecule has 0 aromatic carbocycles. The van der Waals surface area contributed by atoms with E-state index in [1.165, 1.54) is 12.8 Å². The number of hydrogen-bond donors (Lipinski definition) is 2. The summed E-state index contributed by atoms with van der Waals surface area (Å²) in [5, 5.41) is 13.1. The summed E-state index contributed by atoms with van der Waals surface area (Å²) in [6, 6.07) is 0.689. The van der Waals surface area contributed by atoms with Gasteiger partial charge in [0.15, 0.2) is 0 Å². The number of nitrogens with one attached hydrogen (secondary N) is 1. The second-order valence-corrected chi connectivity index (χ2v) is 4.25.